The number of hydrogen-bond acceptors (Lipinski definition) is 5. The summed E-state index contributed by atoms with van der Waals surface area (Å²) in [6.45, 7) is 5.91. The van der Waals surface area contributed by atoms with E-state index in [-0.39, 0.29) is 18.3 Å². The summed E-state index contributed by atoms with van der Waals surface area (Å²) in [5, 5.41) is 4.88. The summed E-state index contributed by atoms with van der Waals surface area (Å²) in [6.07, 6.45) is 0.582. The molecular formula is C17H18N2O3S. The maximum absolute atomic E-state index is 12.1. The molecule has 5 nitrogen and oxygen atoms in total. The van der Waals surface area contributed by atoms with Crippen LogP contribution in [0.3, 0.4) is 0 Å². The second-order valence-electron chi connectivity index (χ2n) is 4.85. The van der Waals surface area contributed by atoms with Crippen molar-refractivity contribution in [1.29, 1.82) is 0 Å². The molecular weight excluding hydrogens is 312 g/mol. The van der Waals surface area contributed by atoms with Gasteiger partial charge in [0.05, 0.1) is 18.7 Å². The Morgan fingerprint density at radius 2 is 2.00 bits per heavy atom. The van der Waals surface area contributed by atoms with Crippen LogP contribution in [0.4, 0.5) is 5.13 Å². The minimum Gasteiger partial charge on any atom is -0.466 e. The molecule has 120 valence electrons. The maximum Gasteiger partial charge on any atom is 0.311 e. The Kier molecular flexibility index (Phi) is 6.05. The number of aromatic nitrogens is 1. The van der Waals surface area contributed by atoms with Crippen molar-refractivity contribution in [2.24, 2.45) is 0 Å². The van der Waals surface area contributed by atoms with Crippen LogP contribution in [-0.4, -0.2) is 23.5 Å². The minimum atomic E-state index is -0.329. The van der Waals surface area contributed by atoms with E-state index in [2.05, 4.69) is 16.9 Å². The normalized spacial score (nSPS) is 10.1. The van der Waals surface area contributed by atoms with E-state index in [0.717, 1.165) is 5.56 Å². The van der Waals surface area contributed by atoms with E-state index in [1.54, 1.807) is 12.3 Å². The molecule has 0 saturated heterocycles. The number of anilines is 1. The Bertz CT molecular complexity index is 695. The molecule has 0 saturated carbocycles. The van der Waals surface area contributed by atoms with Gasteiger partial charge >= 0.3 is 5.97 Å². The highest BCUT2D eigenvalue weighted by Crippen LogP contribution is 2.17. The molecule has 0 aliphatic carbocycles. The van der Waals surface area contributed by atoms with Gasteiger partial charge in [-0.3, -0.25) is 14.9 Å². The molecule has 0 atom stereocenters. The highest BCUT2D eigenvalue weighted by atomic mass is 32.1. The Morgan fingerprint density at radius 1 is 1.26 bits per heavy atom. The lowest BCUT2D eigenvalue weighted by Crippen LogP contribution is -2.15. The number of thiazole rings is 1. The molecule has 1 aromatic carbocycles. The lowest BCUT2D eigenvalue weighted by atomic mass is 10.1. The van der Waals surface area contributed by atoms with Gasteiger partial charge in [-0.2, -0.15) is 0 Å². The van der Waals surface area contributed by atoms with Crippen molar-refractivity contribution < 1.29 is 14.3 Å². The molecule has 0 aliphatic heterocycles. The van der Waals surface area contributed by atoms with E-state index in [9.17, 15) is 9.59 Å². The van der Waals surface area contributed by atoms with E-state index in [1.807, 2.05) is 30.3 Å². The van der Waals surface area contributed by atoms with Crippen LogP contribution in [0.25, 0.3) is 0 Å². The second-order valence-corrected chi connectivity index (χ2v) is 5.70. The number of carbonyl (C=O) groups excluding carboxylic acids is 2. The third-order valence-electron chi connectivity index (χ3n) is 2.98. The molecule has 1 amide bonds. The van der Waals surface area contributed by atoms with E-state index >= 15 is 0 Å². The van der Waals surface area contributed by atoms with Gasteiger partial charge in [0.25, 0.3) is 5.91 Å². The number of rotatable bonds is 7. The van der Waals surface area contributed by atoms with Gasteiger partial charge in [0.2, 0.25) is 0 Å². The summed E-state index contributed by atoms with van der Waals surface area (Å²) in [5.74, 6) is -0.602. The number of nitrogens with zero attached hydrogens (tertiary/aromatic N) is 1. The molecule has 2 aromatic rings. The molecule has 0 aliphatic rings. The lowest BCUT2D eigenvalue weighted by Gasteiger charge is -2.05. The fourth-order valence-electron chi connectivity index (χ4n) is 1.91. The molecule has 6 heteroatoms. The number of esters is 1. The number of benzene rings is 1. The summed E-state index contributed by atoms with van der Waals surface area (Å²) >= 11 is 1.27. The van der Waals surface area contributed by atoms with Crippen molar-refractivity contribution in [1.82, 2.24) is 4.98 Å². The van der Waals surface area contributed by atoms with Crippen LogP contribution in [0, 0.1) is 0 Å². The molecule has 2 rings (SSSR count). The average molecular weight is 330 g/mol. The zero-order valence-corrected chi connectivity index (χ0v) is 13.7. The fraction of sp³-hybridized carbons (Fsp3) is 0.235. The lowest BCUT2D eigenvalue weighted by molar-refractivity contribution is -0.142. The topological polar surface area (TPSA) is 68.3 Å². The third kappa shape index (κ3) is 5.34. The van der Waals surface area contributed by atoms with E-state index in [4.69, 9.17) is 4.74 Å². The summed E-state index contributed by atoms with van der Waals surface area (Å²) in [7, 11) is 0. The quantitative estimate of drug-likeness (QED) is 0.626. The van der Waals surface area contributed by atoms with Gasteiger partial charge < -0.3 is 4.74 Å². The Labute approximate surface area is 139 Å². The first-order valence-corrected chi connectivity index (χ1v) is 8.09. The molecule has 1 N–H and O–H groups in total. The number of carbonyl (C=O) groups is 2. The first-order chi connectivity index (χ1) is 11.1. The van der Waals surface area contributed by atoms with Gasteiger partial charge in [0.15, 0.2) is 5.13 Å². The van der Waals surface area contributed by atoms with Crippen molar-refractivity contribution in [2.75, 3.05) is 11.9 Å². The Balaban J connectivity index is 1.89. The van der Waals surface area contributed by atoms with Gasteiger partial charge in [-0.1, -0.05) is 36.9 Å². The second kappa shape index (κ2) is 8.24. The molecule has 1 heterocycles. The van der Waals surface area contributed by atoms with Crippen LogP contribution >= 0.6 is 11.3 Å². The minimum absolute atomic E-state index is 0.102. The van der Waals surface area contributed by atoms with Crippen molar-refractivity contribution in [3.8, 4) is 0 Å². The summed E-state index contributed by atoms with van der Waals surface area (Å²) in [5.41, 5.74) is 2.06. The predicted octanol–water partition coefficient (Wildman–Crippen LogP) is 2.99. The van der Waals surface area contributed by atoms with Crippen molar-refractivity contribution in [3.63, 3.8) is 0 Å². The first-order valence-electron chi connectivity index (χ1n) is 7.21. The first kappa shape index (κ1) is 16.9. The smallest absolute Gasteiger partial charge is 0.311 e. The molecule has 0 radical (unpaired) electrons. The SMILES string of the molecule is C=C(Cc1ccccc1)C(=O)Nc1nc(CC(=O)OCC)cs1. The van der Waals surface area contributed by atoms with E-state index < -0.39 is 0 Å². The highest BCUT2D eigenvalue weighted by Gasteiger charge is 2.12. The van der Waals surface area contributed by atoms with Gasteiger partial charge in [0, 0.05) is 17.4 Å². The number of ether oxygens (including phenoxy) is 1. The zero-order chi connectivity index (χ0) is 16.7. The van der Waals surface area contributed by atoms with Crippen LogP contribution in [0.5, 0.6) is 0 Å². The largest absolute Gasteiger partial charge is 0.466 e. The average Bonchev–Trinajstić information content (AvgIpc) is 2.95. The zero-order valence-electron chi connectivity index (χ0n) is 12.9. The van der Waals surface area contributed by atoms with Crippen LogP contribution in [0.1, 0.15) is 18.2 Å². The molecule has 23 heavy (non-hydrogen) atoms. The van der Waals surface area contributed by atoms with Crippen LogP contribution in [0.15, 0.2) is 47.9 Å². The van der Waals surface area contributed by atoms with Gasteiger partial charge in [-0.05, 0) is 12.5 Å². The Hall–Kier alpha value is -2.47. The summed E-state index contributed by atoms with van der Waals surface area (Å²) in [6, 6.07) is 9.65. The number of hydrogen-bond donors (Lipinski definition) is 1. The van der Waals surface area contributed by atoms with Gasteiger partial charge in [0.1, 0.15) is 0 Å². The summed E-state index contributed by atoms with van der Waals surface area (Å²) in [4.78, 5) is 27.7. The fourth-order valence-corrected chi connectivity index (χ4v) is 2.62. The molecule has 0 unspecified atom stereocenters. The number of nitrogens with one attached hydrogen (secondary N) is 1. The van der Waals surface area contributed by atoms with Gasteiger partial charge in [-0.25, -0.2) is 4.98 Å². The van der Waals surface area contributed by atoms with E-state index in [0.29, 0.717) is 29.4 Å². The molecule has 1 aromatic heterocycles. The summed E-state index contributed by atoms with van der Waals surface area (Å²) < 4.78 is 4.87. The third-order valence-corrected chi connectivity index (χ3v) is 3.79. The monoisotopic (exact) mass is 330 g/mol. The predicted molar refractivity (Wildman–Crippen MR) is 90.4 cm³/mol. The van der Waals surface area contributed by atoms with E-state index in [1.165, 1.54) is 11.3 Å². The molecule has 0 spiro atoms. The molecule has 0 fully saturated rings. The van der Waals surface area contributed by atoms with Crippen LogP contribution in [0.2, 0.25) is 0 Å². The van der Waals surface area contributed by atoms with Crippen molar-refractivity contribution in [3.05, 3.63) is 59.1 Å². The number of amides is 1. The highest BCUT2D eigenvalue weighted by molar-refractivity contribution is 7.14. The van der Waals surface area contributed by atoms with Gasteiger partial charge in [-0.15, -0.1) is 11.3 Å². The maximum atomic E-state index is 12.1. The van der Waals surface area contributed by atoms with Crippen molar-refractivity contribution >= 4 is 28.3 Å². The standard InChI is InChI=1S/C17H18N2O3S/c1-3-22-15(20)10-14-11-23-17(18-14)19-16(21)12(2)9-13-7-5-4-6-8-13/h4-8,11H,2-3,9-10H2,1H3,(H,18,19,21). The van der Waals surface area contributed by atoms with Crippen molar-refractivity contribution in [2.45, 2.75) is 19.8 Å². The van der Waals surface area contributed by atoms with Crippen LogP contribution in [-0.2, 0) is 27.2 Å². The Morgan fingerprint density at radius 3 is 2.70 bits per heavy atom. The van der Waals surface area contributed by atoms with Crippen LogP contribution < -0.4 is 5.32 Å². The molecule has 0 bridgehead atoms.